The first-order valence-corrected chi connectivity index (χ1v) is 14.5. The third-order valence-corrected chi connectivity index (χ3v) is 7.76. The van der Waals surface area contributed by atoms with E-state index in [0.29, 0.717) is 17.5 Å². The number of benzene rings is 5. The molecule has 0 amide bonds. The van der Waals surface area contributed by atoms with Crippen LogP contribution < -0.4 is 0 Å². The number of fused-ring (bicyclic) bond motifs is 3. The molecule has 44 heavy (non-hydrogen) atoms. The van der Waals surface area contributed by atoms with Crippen molar-refractivity contribution in [3.05, 3.63) is 152 Å². The van der Waals surface area contributed by atoms with Gasteiger partial charge in [0.15, 0.2) is 17.5 Å². The minimum absolute atomic E-state index is 0.621. The van der Waals surface area contributed by atoms with Crippen LogP contribution in [0.1, 0.15) is 0 Å². The molecule has 0 N–H and O–H groups in total. The van der Waals surface area contributed by atoms with Crippen LogP contribution in [0.2, 0.25) is 0 Å². The van der Waals surface area contributed by atoms with Crippen molar-refractivity contribution >= 4 is 21.7 Å². The summed E-state index contributed by atoms with van der Waals surface area (Å²) in [6.07, 6.45) is 1.85. The molecule has 0 saturated heterocycles. The van der Waals surface area contributed by atoms with Crippen molar-refractivity contribution in [2.75, 3.05) is 0 Å². The summed E-state index contributed by atoms with van der Waals surface area (Å²) in [5, 5.41) is 3.38. The second kappa shape index (κ2) is 11.0. The standard InChI is InChI=1S/C39H25N5/c1-3-12-26(13-4-1)37-42-38(27-14-5-2-6-15-27)44-39(43-37)30-17-11-16-28(24-30)29-22-23-40-35(25-29)36-33-20-8-7-18-31(33)32-19-9-10-21-34(32)41-36/h1-25H. The van der Waals surface area contributed by atoms with Crippen LogP contribution in [0.3, 0.4) is 0 Å². The van der Waals surface area contributed by atoms with Crippen molar-refractivity contribution < 1.29 is 0 Å². The first-order chi connectivity index (χ1) is 21.8. The van der Waals surface area contributed by atoms with Gasteiger partial charge in [-0.15, -0.1) is 0 Å². The molecule has 0 bridgehead atoms. The lowest BCUT2D eigenvalue weighted by molar-refractivity contribution is 1.07. The van der Waals surface area contributed by atoms with E-state index in [9.17, 15) is 0 Å². The van der Waals surface area contributed by atoms with Gasteiger partial charge in [0, 0.05) is 33.7 Å². The van der Waals surface area contributed by atoms with Crippen LogP contribution in [-0.4, -0.2) is 24.9 Å². The van der Waals surface area contributed by atoms with Gasteiger partial charge in [-0.05, 0) is 40.8 Å². The van der Waals surface area contributed by atoms with Crippen molar-refractivity contribution in [1.29, 1.82) is 0 Å². The zero-order valence-corrected chi connectivity index (χ0v) is 23.7. The largest absolute Gasteiger partial charge is 0.255 e. The molecule has 8 rings (SSSR count). The molecule has 0 aliphatic rings. The Balaban J connectivity index is 1.24. The molecule has 0 unspecified atom stereocenters. The van der Waals surface area contributed by atoms with E-state index in [2.05, 4.69) is 60.7 Å². The number of aromatic nitrogens is 5. The van der Waals surface area contributed by atoms with Crippen molar-refractivity contribution in [2.45, 2.75) is 0 Å². The summed E-state index contributed by atoms with van der Waals surface area (Å²) in [5.74, 6) is 1.90. The summed E-state index contributed by atoms with van der Waals surface area (Å²) in [7, 11) is 0. The molecule has 0 atom stereocenters. The van der Waals surface area contributed by atoms with E-state index in [-0.39, 0.29) is 0 Å². The lowest BCUT2D eigenvalue weighted by Crippen LogP contribution is -2.00. The average molecular weight is 564 g/mol. The van der Waals surface area contributed by atoms with Crippen molar-refractivity contribution in [1.82, 2.24) is 24.9 Å². The molecule has 0 aliphatic carbocycles. The van der Waals surface area contributed by atoms with Crippen LogP contribution in [0.25, 0.3) is 78.4 Å². The maximum Gasteiger partial charge on any atom is 0.164 e. The molecule has 0 radical (unpaired) electrons. The fourth-order valence-corrected chi connectivity index (χ4v) is 5.61. The Labute approximate surface area is 254 Å². The van der Waals surface area contributed by atoms with Gasteiger partial charge in [-0.2, -0.15) is 0 Å². The lowest BCUT2D eigenvalue weighted by Gasteiger charge is -2.11. The van der Waals surface area contributed by atoms with Crippen molar-refractivity contribution in [3.8, 4) is 56.7 Å². The Hall–Kier alpha value is -6.07. The Bertz CT molecular complexity index is 2220. The Morgan fingerprint density at radius 2 is 0.864 bits per heavy atom. The maximum atomic E-state index is 5.06. The summed E-state index contributed by atoms with van der Waals surface area (Å²) >= 11 is 0. The molecule has 0 spiro atoms. The molecule has 8 aromatic rings. The van der Waals surface area contributed by atoms with Crippen LogP contribution in [0.5, 0.6) is 0 Å². The molecule has 5 heteroatoms. The Kier molecular flexibility index (Phi) is 6.39. The second-order valence-corrected chi connectivity index (χ2v) is 10.6. The SMILES string of the molecule is c1ccc(-c2nc(-c3ccccc3)nc(-c3cccc(-c4ccnc(-c5nc6ccccc6c6ccccc56)c4)c3)n2)cc1. The van der Waals surface area contributed by atoms with Gasteiger partial charge >= 0.3 is 0 Å². The summed E-state index contributed by atoms with van der Waals surface area (Å²) in [6, 6.07) is 49.2. The third-order valence-electron chi connectivity index (χ3n) is 7.76. The monoisotopic (exact) mass is 563 g/mol. The van der Waals surface area contributed by atoms with E-state index in [0.717, 1.165) is 55.5 Å². The molecule has 3 heterocycles. The number of hydrogen-bond acceptors (Lipinski definition) is 5. The smallest absolute Gasteiger partial charge is 0.164 e. The van der Waals surface area contributed by atoms with E-state index < -0.39 is 0 Å². The Morgan fingerprint density at radius 1 is 0.341 bits per heavy atom. The summed E-state index contributed by atoms with van der Waals surface area (Å²) in [6.45, 7) is 0. The predicted octanol–water partition coefficient (Wildman–Crippen LogP) is 9.30. The summed E-state index contributed by atoms with van der Waals surface area (Å²) in [4.78, 5) is 24.5. The highest BCUT2D eigenvalue weighted by molar-refractivity contribution is 6.10. The first kappa shape index (κ1) is 25.6. The minimum Gasteiger partial charge on any atom is -0.255 e. The maximum absolute atomic E-state index is 5.06. The fourth-order valence-electron chi connectivity index (χ4n) is 5.61. The number of hydrogen-bond donors (Lipinski definition) is 0. The summed E-state index contributed by atoms with van der Waals surface area (Å²) < 4.78 is 0. The third kappa shape index (κ3) is 4.76. The van der Waals surface area contributed by atoms with Gasteiger partial charge in [0.25, 0.3) is 0 Å². The highest BCUT2D eigenvalue weighted by Crippen LogP contribution is 2.34. The van der Waals surface area contributed by atoms with Gasteiger partial charge in [0.05, 0.1) is 16.9 Å². The molecule has 0 saturated carbocycles. The van der Waals surface area contributed by atoms with Gasteiger partial charge in [-0.1, -0.05) is 121 Å². The molecule has 5 nitrogen and oxygen atoms in total. The van der Waals surface area contributed by atoms with Crippen LogP contribution >= 0.6 is 0 Å². The van der Waals surface area contributed by atoms with E-state index >= 15 is 0 Å². The van der Waals surface area contributed by atoms with Crippen molar-refractivity contribution in [3.63, 3.8) is 0 Å². The molecule has 5 aromatic carbocycles. The molecular formula is C39H25N5. The zero-order valence-electron chi connectivity index (χ0n) is 23.7. The molecule has 3 aromatic heterocycles. The van der Waals surface area contributed by atoms with E-state index in [1.165, 1.54) is 5.39 Å². The minimum atomic E-state index is 0.621. The summed E-state index contributed by atoms with van der Waals surface area (Å²) in [5.41, 5.74) is 7.52. The van der Waals surface area contributed by atoms with Gasteiger partial charge < -0.3 is 0 Å². The lowest BCUT2D eigenvalue weighted by atomic mass is 9.99. The van der Waals surface area contributed by atoms with Crippen LogP contribution in [0.15, 0.2) is 152 Å². The van der Waals surface area contributed by atoms with E-state index in [4.69, 9.17) is 24.9 Å². The normalized spacial score (nSPS) is 11.2. The van der Waals surface area contributed by atoms with E-state index in [1.807, 2.05) is 91.1 Å². The quantitative estimate of drug-likeness (QED) is 0.195. The molecule has 0 fully saturated rings. The molecular weight excluding hydrogens is 538 g/mol. The van der Waals surface area contributed by atoms with Crippen LogP contribution in [0.4, 0.5) is 0 Å². The zero-order chi connectivity index (χ0) is 29.3. The predicted molar refractivity (Wildman–Crippen MR) is 178 cm³/mol. The topological polar surface area (TPSA) is 64.5 Å². The average Bonchev–Trinajstić information content (AvgIpc) is 3.12. The van der Waals surface area contributed by atoms with Crippen LogP contribution in [0, 0.1) is 0 Å². The highest BCUT2D eigenvalue weighted by atomic mass is 15.0. The molecule has 206 valence electrons. The Morgan fingerprint density at radius 3 is 1.57 bits per heavy atom. The van der Waals surface area contributed by atoms with E-state index in [1.54, 1.807) is 0 Å². The number of nitrogens with zero attached hydrogens (tertiary/aromatic N) is 5. The fraction of sp³-hybridized carbons (Fsp3) is 0. The van der Waals surface area contributed by atoms with Gasteiger partial charge in [-0.25, -0.2) is 19.9 Å². The molecule has 0 aliphatic heterocycles. The number of para-hydroxylation sites is 1. The van der Waals surface area contributed by atoms with Crippen LogP contribution in [-0.2, 0) is 0 Å². The second-order valence-electron chi connectivity index (χ2n) is 10.6. The number of rotatable bonds is 5. The first-order valence-electron chi connectivity index (χ1n) is 14.5. The number of pyridine rings is 2. The van der Waals surface area contributed by atoms with Gasteiger partial charge in [0.1, 0.15) is 0 Å². The van der Waals surface area contributed by atoms with Gasteiger partial charge in [0.2, 0.25) is 0 Å². The van der Waals surface area contributed by atoms with Crippen molar-refractivity contribution in [2.24, 2.45) is 0 Å². The highest BCUT2D eigenvalue weighted by Gasteiger charge is 2.15. The van der Waals surface area contributed by atoms with Gasteiger partial charge in [-0.3, -0.25) is 4.98 Å².